The van der Waals surface area contributed by atoms with Crippen molar-refractivity contribution < 1.29 is 5.21 Å². The van der Waals surface area contributed by atoms with Crippen molar-refractivity contribution in [1.82, 2.24) is 5.32 Å². The lowest BCUT2D eigenvalue weighted by molar-refractivity contribution is 0.318. The van der Waals surface area contributed by atoms with Gasteiger partial charge in [0.05, 0.1) is 0 Å². The number of nitrogens with two attached hydrogens (primary N) is 1. The van der Waals surface area contributed by atoms with Crippen LogP contribution in [0, 0.1) is 12.3 Å². The summed E-state index contributed by atoms with van der Waals surface area (Å²) < 4.78 is 0. The lowest BCUT2D eigenvalue weighted by atomic mass is 10.1. The van der Waals surface area contributed by atoms with Crippen LogP contribution in [-0.4, -0.2) is 17.6 Å². The van der Waals surface area contributed by atoms with E-state index in [0.29, 0.717) is 0 Å². The third-order valence-corrected chi connectivity index (χ3v) is 2.58. The number of benzene rings is 1. The first-order valence-electron chi connectivity index (χ1n) is 5.99. The lowest BCUT2D eigenvalue weighted by Crippen LogP contribution is -2.16. The molecule has 96 valence electrons. The molecule has 4 heteroatoms. The Kier molecular flexibility index (Phi) is 6.37. The third kappa shape index (κ3) is 4.89. The minimum absolute atomic E-state index is 0.130. The second-order valence-electron chi connectivity index (χ2n) is 4.02. The highest BCUT2D eigenvalue weighted by molar-refractivity contribution is 5.97. The van der Waals surface area contributed by atoms with Gasteiger partial charge in [-0.25, -0.2) is 0 Å². The summed E-state index contributed by atoms with van der Waals surface area (Å²) in [5.41, 5.74) is 7.37. The maximum Gasteiger partial charge on any atom is 0.170 e. The summed E-state index contributed by atoms with van der Waals surface area (Å²) in [5.74, 6) is 2.75. The van der Waals surface area contributed by atoms with Crippen LogP contribution in [-0.2, 0) is 6.54 Å². The van der Waals surface area contributed by atoms with Crippen molar-refractivity contribution in [2.45, 2.75) is 25.8 Å². The molecular weight excluding hydrogens is 226 g/mol. The summed E-state index contributed by atoms with van der Waals surface area (Å²) in [6.45, 7) is 1.71. The molecule has 4 N–H and O–H groups in total. The van der Waals surface area contributed by atoms with Gasteiger partial charge in [0, 0.05) is 18.5 Å². The van der Waals surface area contributed by atoms with E-state index in [1.54, 1.807) is 0 Å². The van der Waals surface area contributed by atoms with Gasteiger partial charge in [-0.05, 0) is 31.0 Å². The maximum atomic E-state index is 8.61. The van der Waals surface area contributed by atoms with Crippen molar-refractivity contribution in [3.63, 3.8) is 0 Å². The van der Waals surface area contributed by atoms with E-state index < -0.39 is 0 Å². The van der Waals surface area contributed by atoms with Crippen LogP contribution in [0.25, 0.3) is 0 Å². The number of oxime groups is 1. The highest BCUT2D eigenvalue weighted by Crippen LogP contribution is 2.05. The SMILES string of the molecule is C#CCCCCNCc1cccc(/C(N)=N\O)c1. The van der Waals surface area contributed by atoms with Gasteiger partial charge in [0.25, 0.3) is 0 Å². The van der Waals surface area contributed by atoms with Crippen LogP contribution in [0.1, 0.15) is 30.4 Å². The molecule has 1 aromatic rings. The normalized spacial score (nSPS) is 11.2. The van der Waals surface area contributed by atoms with Gasteiger partial charge in [0.2, 0.25) is 0 Å². The van der Waals surface area contributed by atoms with Crippen molar-refractivity contribution in [1.29, 1.82) is 0 Å². The van der Waals surface area contributed by atoms with Crippen LogP contribution in [0.4, 0.5) is 0 Å². The highest BCUT2D eigenvalue weighted by atomic mass is 16.4. The summed E-state index contributed by atoms with van der Waals surface area (Å²) in [6.07, 6.45) is 8.14. The molecule has 0 saturated heterocycles. The average molecular weight is 245 g/mol. The standard InChI is InChI=1S/C14H19N3O/c1-2-3-4-5-9-16-11-12-7-6-8-13(10-12)14(15)17-18/h1,6-8,10,16,18H,3-5,9,11H2,(H2,15,17). The second kappa shape index (κ2) is 8.15. The molecule has 4 nitrogen and oxygen atoms in total. The van der Waals surface area contributed by atoms with E-state index >= 15 is 0 Å². The molecular formula is C14H19N3O. The van der Waals surface area contributed by atoms with E-state index in [2.05, 4.69) is 16.4 Å². The van der Waals surface area contributed by atoms with Crippen LogP contribution in [0.2, 0.25) is 0 Å². The highest BCUT2D eigenvalue weighted by Gasteiger charge is 2.00. The minimum Gasteiger partial charge on any atom is -0.409 e. The van der Waals surface area contributed by atoms with E-state index in [0.717, 1.165) is 43.5 Å². The predicted molar refractivity (Wildman–Crippen MR) is 73.3 cm³/mol. The number of unbranched alkanes of at least 4 members (excludes halogenated alkanes) is 2. The molecule has 0 aliphatic heterocycles. The topological polar surface area (TPSA) is 70.6 Å². The Labute approximate surface area is 108 Å². The first kappa shape index (κ1) is 14.1. The number of amidine groups is 1. The van der Waals surface area contributed by atoms with Crippen molar-refractivity contribution in [3.8, 4) is 12.3 Å². The van der Waals surface area contributed by atoms with Crippen molar-refractivity contribution >= 4 is 5.84 Å². The Morgan fingerprint density at radius 3 is 3.00 bits per heavy atom. The molecule has 0 aromatic heterocycles. The van der Waals surface area contributed by atoms with Crippen LogP contribution in [0.3, 0.4) is 0 Å². The summed E-state index contributed by atoms with van der Waals surface area (Å²) >= 11 is 0. The number of hydrogen-bond acceptors (Lipinski definition) is 3. The zero-order valence-corrected chi connectivity index (χ0v) is 10.4. The van der Waals surface area contributed by atoms with Crippen LogP contribution in [0.15, 0.2) is 29.4 Å². The molecule has 0 saturated carbocycles. The Hall–Kier alpha value is -1.99. The number of terminal acetylenes is 1. The van der Waals surface area contributed by atoms with Gasteiger partial charge in [0.1, 0.15) is 0 Å². The zero-order valence-electron chi connectivity index (χ0n) is 10.4. The third-order valence-electron chi connectivity index (χ3n) is 2.58. The lowest BCUT2D eigenvalue weighted by Gasteiger charge is -2.06. The largest absolute Gasteiger partial charge is 0.409 e. The fourth-order valence-electron chi connectivity index (χ4n) is 1.61. The number of nitrogens with zero attached hydrogens (tertiary/aromatic N) is 1. The summed E-state index contributed by atoms with van der Waals surface area (Å²) in [5, 5.41) is 14.9. The average Bonchev–Trinajstić information content (AvgIpc) is 2.42. The van der Waals surface area contributed by atoms with Gasteiger partial charge < -0.3 is 16.3 Å². The number of nitrogens with one attached hydrogen (secondary N) is 1. The summed E-state index contributed by atoms with van der Waals surface area (Å²) in [6, 6.07) is 7.61. The molecule has 1 aromatic carbocycles. The zero-order chi connectivity index (χ0) is 13.2. The van der Waals surface area contributed by atoms with Gasteiger partial charge in [-0.1, -0.05) is 23.4 Å². The van der Waals surface area contributed by atoms with E-state index in [-0.39, 0.29) is 5.84 Å². The molecule has 0 aliphatic rings. The Balaban J connectivity index is 2.37. The molecule has 0 amide bonds. The quantitative estimate of drug-likeness (QED) is 0.171. The smallest absolute Gasteiger partial charge is 0.170 e. The Morgan fingerprint density at radius 2 is 2.28 bits per heavy atom. The van der Waals surface area contributed by atoms with Gasteiger partial charge in [-0.2, -0.15) is 0 Å². The minimum atomic E-state index is 0.130. The summed E-state index contributed by atoms with van der Waals surface area (Å²) in [7, 11) is 0. The van der Waals surface area contributed by atoms with Gasteiger partial charge in [0.15, 0.2) is 5.84 Å². The fourth-order valence-corrected chi connectivity index (χ4v) is 1.61. The van der Waals surface area contributed by atoms with Crippen LogP contribution >= 0.6 is 0 Å². The molecule has 0 unspecified atom stereocenters. The van der Waals surface area contributed by atoms with Crippen LogP contribution in [0.5, 0.6) is 0 Å². The van der Waals surface area contributed by atoms with Gasteiger partial charge in [-0.3, -0.25) is 0 Å². The molecule has 0 heterocycles. The molecule has 0 aliphatic carbocycles. The number of rotatable bonds is 7. The molecule has 18 heavy (non-hydrogen) atoms. The van der Waals surface area contributed by atoms with Crippen molar-refractivity contribution in [2.24, 2.45) is 10.9 Å². The Morgan fingerprint density at radius 1 is 1.44 bits per heavy atom. The van der Waals surface area contributed by atoms with E-state index in [9.17, 15) is 0 Å². The predicted octanol–water partition coefficient (Wildman–Crippen LogP) is 1.67. The fraction of sp³-hybridized carbons (Fsp3) is 0.357. The molecule has 0 spiro atoms. The van der Waals surface area contributed by atoms with E-state index in [1.165, 1.54) is 0 Å². The van der Waals surface area contributed by atoms with Crippen LogP contribution < -0.4 is 11.1 Å². The molecule has 0 bridgehead atoms. The first-order valence-corrected chi connectivity index (χ1v) is 5.99. The Bertz CT molecular complexity index is 435. The maximum absolute atomic E-state index is 8.61. The van der Waals surface area contributed by atoms with Crippen molar-refractivity contribution in [3.05, 3.63) is 35.4 Å². The summed E-state index contributed by atoms with van der Waals surface area (Å²) in [4.78, 5) is 0. The van der Waals surface area contributed by atoms with Gasteiger partial charge in [-0.15, -0.1) is 12.3 Å². The van der Waals surface area contributed by atoms with E-state index in [1.807, 2.05) is 24.3 Å². The molecule has 0 atom stereocenters. The monoisotopic (exact) mass is 245 g/mol. The molecule has 1 rings (SSSR count). The molecule has 0 fully saturated rings. The number of hydrogen-bond donors (Lipinski definition) is 3. The van der Waals surface area contributed by atoms with Gasteiger partial charge >= 0.3 is 0 Å². The molecule has 0 radical (unpaired) electrons. The second-order valence-corrected chi connectivity index (χ2v) is 4.02. The van der Waals surface area contributed by atoms with Crippen molar-refractivity contribution in [2.75, 3.05) is 6.54 Å². The first-order chi connectivity index (χ1) is 8.77. The van der Waals surface area contributed by atoms with E-state index in [4.69, 9.17) is 17.4 Å².